The second-order valence-corrected chi connectivity index (χ2v) is 4.12. The highest BCUT2D eigenvalue weighted by atomic mass is 19.3. The molecule has 0 rings (SSSR count). The van der Waals surface area contributed by atoms with Gasteiger partial charge in [0.15, 0.2) is 0 Å². The lowest BCUT2D eigenvalue weighted by atomic mass is 10.2. The van der Waals surface area contributed by atoms with Crippen LogP contribution in [-0.2, 0) is 9.47 Å². The van der Waals surface area contributed by atoms with Crippen molar-refractivity contribution < 1.29 is 28.2 Å². The molecule has 0 saturated carbocycles. The molecule has 5 nitrogen and oxygen atoms in total. The predicted molar refractivity (Wildman–Crippen MR) is 52.2 cm³/mol. The number of ether oxygens (including phenoxy) is 2. The van der Waals surface area contributed by atoms with E-state index in [9.17, 15) is 13.6 Å². The number of rotatable bonds is 5. The minimum Gasteiger partial charge on any atom is -0.444 e. The molecule has 0 heterocycles. The third-order valence-corrected chi connectivity index (χ3v) is 1.36. The molecule has 0 aliphatic carbocycles. The van der Waals surface area contributed by atoms with Gasteiger partial charge in [-0.2, -0.15) is 8.78 Å². The van der Waals surface area contributed by atoms with Crippen LogP contribution in [0.5, 0.6) is 0 Å². The Labute approximate surface area is 92.7 Å². The summed E-state index contributed by atoms with van der Waals surface area (Å²) >= 11 is 0. The number of hydrogen-bond acceptors (Lipinski definition) is 4. The van der Waals surface area contributed by atoms with Gasteiger partial charge in [0.2, 0.25) is 0 Å². The Kier molecular flexibility index (Phi) is 6.20. The third-order valence-electron chi connectivity index (χ3n) is 1.36. The van der Waals surface area contributed by atoms with Crippen LogP contribution in [0.1, 0.15) is 20.8 Å². The van der Waals surface area contributed by atoms with E-state index in [0.717, 1.165) is 0 Å². The molecule has 0 saturated heterocycles. The van der Waals surface area contributed by atoms with E-state index in [-0.39, 0.29) is 0 Å². The molecule has 0 aliphatic heterocycles. The van der Waals surface area contributed by atoms with Crippen LogP contribution in [0.3, 0.4) is 0 Å². The lowest BCUT2D eigenvalue weighted by Crippen LogP contribution is -2.43. The van der Waals surface area contributed by atoms with Crippen molar-refractivity contribution in [1.29, 1.82) is 0 Å². The van der Waals surface area contributed by atoms with Gasteiger partial charge >= 0.3 is 12.7 Å². The summed E-state index contributed by atoms with van der Waals surface area (Å²) in [5, 5.41) is 11.0. The average Bonchev–Trinajstić information content (AvgIpc) is 2.08. The Bertz CT molecular complexity index is 218. The smallest absolute Gasteiger partial charge is 0.408 e. The van der Waals surface area contributed by atoms with E-state index in [4.69, 9.17) is 9.84 Å². The fraction of sp³-hybridized carbons (Fsp3) is 0.889. The summed E-state index contributed by atoms with van der Waals surface area (Å²) < 4.78 is 32.2. The summed E-state index contributed by atoms with van der Waals surface area (Å²) in [6, 6.07) is -0.913. The molecule has 2 N–H and O–H groups in total. The lowest BCUT2D eigenvalue weighted by molar-refractivity contribution is -0.135. The molecular formula is C9H17F2NO4. The molecule has 1 atom stereocenters. The number of carbonyl (C=O) groups excluding carboxylic acids is 1. The second kappa shape index (κ2) is 6.59. The summed E-state index contributed by atoms with van der Waals surface area (Å²) in [4.78, 5) is 11.2. The number of aliphatic hydroxyl groups is 1. The number of alkyl carbamates (subject to hydrolysis) is 1. The number of amides is 1. The first kappa shape index (κ1) is 15.0. The third kappa shape index (κ3) is 8.37. The number of carbonyl (C=O) groups is 1. The molecule has 0 fully saturated rings. The van der Waals surface area contributed by atoms with E-state index < -0.39 is 37.6 Å². The Morgan fingerprint density at radius 2 is 2.00 bits per heavy atom. The molecule has 0 bridgehead atoms. The van der Waals surface area contributed by atoms with E-state index in [1.807, 2.05) is 0 Å². The van der Waals surface area contributed by atoms with Crippen LogP contribution in [0, 0.1) is 0 Å². The summed E-state index contributed by atoms with van der Waals surface area (Å²) in [7, 11) is 0. The first-order valence-corrected chi connectivity index (χ1v) is 4.74. The van der Waals surface area contributed by atoms with Crippen LogP contribution in [0.25, 0.3) is 0 Å². The Morgan fingerprint density at radius 3 is 2.38 bits per heavy atom. The molecule has 1 unspecified atom stereocenters. The molecule has 7 heteroatoms. The summed E-state index contributed by atoms with van der Waals surface area (Å²) in [5.41, 5.74) is -0.687. The standard InChI is InChI=1S/C9H17F2NO4/c1-9(2,3)16-8(14)12-6(4-13)5-15-7(10)11/h6-7,13H,4-5H2,1-3H3,(H,12,14). The van der Waals surface area contributed by atoms with Crippen molar-refractivity contribution in [3.05, 3.63) is 0 Å². The van der Waals surface area contributed by atoms with Gasteiger partial charge in [-0.25, -0.2) is 4.79 Å². The highest BCUT2D eigenvalue weighted by molar-refractivity contribution is 5.68. The van der Waals surface area contributed by atoms with Crippen LogP contribution in [0.2, 0.25) is 0 Å². The molecule has 96 valence electrons. The van der Waals surface area contributed by atoms with Crippen LogP contribution in [-0.4, -0.2) is 42.7 Å². The first-order chi connectivity index (χ1) is 7.24. The molecule has 0 aromatic carbocycles. The zero-order valence-corrected chi connectivity index (χ0v) is 9.50. The Morgan fingerprint density at radius 1 is 1.44 bits per heavy atom. The number of nitrogens with one attached hydrogen (secondary N) is 1. The summed E-state index contributed by atoms with van der Waals surface area (Å²) in [5.74, 6) is 0. The lowest BCUT2D eigenvalue weighted by Gasteiger charge is -2.22. The Balaban J connectivity index is 3.97. The van der Waals surface area contributed by atoms with E-state index >= 15 is 0 Å². The van der Waals surface area contributed by atoms with Gasteiger partial charge < -0.3 is 19.9 Å². The first-order valence-electron chi connectivity index (χ1n) is 4.74. The normalized spacial score (nSPS) is 13.7. The monoisotopic (exact) mass is 241 g/mol. The zero-order chi connectivity index (χ0) is 12.8. The zero-order valence-electron chi connectivity index (χ0n) is 9.50. The SMILES string of the molecule is CC(C)(C)OC(=O)NC(CO)COC(F)F. The van der Waals surface area contributed by atoms with Crippen molar-refractivity contribution in [1.82, 2.24) is 5.32 Å². The van der Waals surface area contributed by atoms with Crippen molar-refractivity contribution >= 4 is 6.09 Å². The average molecular weight is 241 g/mol. The highest BCUT2D eigenvalue weighted by Crippen LogP contribution is 2.07. The minimum absolute atomic E-state index is 0.479. The molecule has 0 aromatic heterocycles. The van der Waals surface area contributed by atoms with Gasteiger partial charge in [-0.05, 0) is 20.8 Å². The van der Waals surface area contributed by atoms with Crippen molar-refractivity contribution in [2.75, 3.05) is 13.2 Å². The molecule has 16 heavy (non-hydrogen) atoms. The maximum Gasteiger partial charge on any atom is 0.408 e. The molecule has 0 spiro atoms. The van der Waals surface area contributed by atoms with Gasteiger partial charge in [-0.1, -0.05) is 0 Å². The van der Waals surface area contributed by atoms with Crippen LogP contribution in [0.4, 0.5) is 13.6 Å². The predicted octanol–water partition coefficient (Wildman–Crippen LogP) is 1.11. The van der Waals surface area contributed by atoms with Gasteiger partial charge in [0.05, 0.1) is 19.3 Å². The van der Waals surface area contributed by atoms with Gasteiger partial charge in [0, 0.05) is 0 Å². The largest absolute Gasteiger partial charge is 0.444 e. The van der Waals surface area contributed by atoms with E-state index in [0.29, 0.717) is 0 Å². The van der Waals surface area contributed by atoms with Crippen molar-refractivity contribution in [3.63, 3.8) is 0 Å². The topological polar surface area (TPSA) is 67.8 Å². The van der Waals surface area contributed by atoms with Crippen LogP contribution < -0.4 is 5.32 Å². The fourth-order valence-corrected chi connectivity index (χ4v) is 0.803. The van der Waals surface area contributed by atoms with Crippen LogP contribution in [0.15, 0.2) is 0 Å². The number of hydrogen-bond donors (Lipinski definition) is 2. The van der Waals surface area contributed by atoms with Crippen LogP contribution >= 0.6 is 0 Å². The van der Waals surface area contributed by atoms with Gasteiger partial charge in [-0.3, -0.25) is 0 Å². The summed E-state index contributed by atoms with van der Waals surface area (Å²) in [6.45, 7) is 1.07. The Hall–Kier alpha value is -0.950. The van der Waals surface area contributed by atoms with Crippen molar-refractivity contribution in [3.8, 4) is 0 Å². The molecule has 0 aliphatic rings. The number of halogens is 2. The summed E-state index contributed by atoms with van der Waals surface area (Å²) in [6.07, 6.45) is -0.788. The van der Waals surface area contributed by atoms with E-state index in [1.165, 1.54) is 0 Å². The molecular weight excluding hydrogens is 224 g/mol. The van der Waals surface area contributed by atoms with Crippen molar-refractivity contribution in [2.24, 2.45) is 0 Å². The van der Waals surface area contributed by atoms with Gasteiger partial charge in [0.1, 0.15) is 5.60 Å². The second-order valence-electron chi connectivity index (χ2n) is 4.12. The van der Waals surface area contributed by atoms with E-state index in [1.54, 1.807) is 20.8 Å². The minimum atomic E-state index is -2.94. The maximum absolute atomic E-state index is 11.7. The molecule has 1 amide bonds. The quantitative estimate of drug-likeness (QED) is 0.756. The van der Waals surface area contributed by atoms with Crippen molar-refractivity contribution in [2.45, 2.75) is 39.0 Å². The van der Waals surface area contributed by atoms with Gasteiger partial charge in [-0.15, -0.1) is 0 Å². The fourth-order valence-electron chi connectivity index (χ4n) is 0.803. The highest BCUT2D eigenvalue weighted by Gasteiger charge is 2.19. The molecule has 0 radical (unpaired) electrons. The van der Waals surface area contributed by atoms with E-state index in [2.05, 4.69) is 10.1 Å². The van der Waals surface area contributed by atoms with Gasteiger partial charge in [0.25, 0.3) is 0 Å². The number of alkyl halides is 2. The number of aliphatic hydroxyl groups excluding tert-OH is 1. The maximum atomic E-state index is 11.7. The molecule has 0 aromatic rings.